The van der Waals surface area contributed by atoms with Crippen molar-refractivity contribution in [1.29, 1.82) is 0 Å². The van der Waals surface area contributed by atoms with Crippen LogP contribution in [-0.4, -0.2) is 32.4 Å². The second-order valence-corrected chi connectivity index (χ2v) is 4.87. The highest BCUT2D eigenvalue weighted by atomic mass is 35.5. The molecule has 90 valence electrons. The summed E-state index contributed by atoms with van der Waals surface area (Å²) in [6.45, 7) is 0.523. The van der Waals surface area contributed by atoms with Crippen LogP contribution in [0.15, 0.2) is 12.3 Å². The van der Waals surface area contributed by atoms with Gasteiger partial charge in [-0.2, -0.15) is 5.10 Å². The van der Waals surface area contributed by atoms with Crippen LogP contribution in [0.2, 0.25) is 4.47 Å². The third-order valence-electron chi connectivity index (χ3n) is 2.18. The average Bonchev–Trinajstić information content (AvgIpc) is 2.88. The van der Waals surface area contributed by atoms with Crippen LogP contribution in [0, 0.1) is 0 Å². The van der Waals surface area contributed by atoms with Gasteiger partial charge < -0.3 is 5.32 Å². The Morgan fingerprint density at radius 3 is 3.00 bits per heavy atom. The van der Waals surface area contributed by atoms with E-state index in [1.54, 1.807) is 10.9 Å². The van der Waals surface area contributed by atoms with E-state index >= 15 is 0 Å². The van der Waals surface area contributed by atoms with E-state index in [1.165, 1.54) is 0 Å². The van der Waals surface area contributed by atoms with E-state index in [4.69, 9.17) is 11.6 Å². The number of nitrogens with zero attached hydrogens (tertiary/aromatic N) is 4. The molecule has 0 radical (unpaired) electrons. The van der Waals surface area contributed by atoms with E-state index in [0.717, 1.165) is 23.5 Å². The lowest BCUT2D eigenvalue weighted by Gasteiger charge is -2.03. The van der Waals surface area contributed by atoms with Gasteiger partial charge in [-0.05, 0) is 17.7 Å². The zero-order valence-electron chi connectivity index (χ0n) is 9.05. The van der Waals surface area contributed by atoms with Crippen LogP contribution in [0.1, 0.15) is 15.5 Å². The number of hydrogen-bond acceptors (Lipinski definition) is 5. The Morgan fingerprint density at radius 1 is 1.59 bits per heavy atom. The average molecular weight is 272 g/mol. The Bertz CT molecular complexity index is 523. The summed E-state index contributed by atoms with van der Waals surface area (Å²) in [6, 6.07) is 1.91. The summed E-state index contributed by atoms with van der Waals surface area (Å²) in [5.74, 6) is -0.253. The van der Waals surface area contributed by atoms with Gasteiger partial charge in [0, 0.05) is 31.9 Å². The Morgan fingerprint density at radius 2 is 2.41 bits per heavy atom. The quantitative estimate of drug-likeness (QED) is 0.897. The first-order valence-corrected chi connectivity index (χ1v) is 6.10. The fourth-order valence-electron chi connectivity index (χ4n) is 1.32. The number of aromatic nitrogens is 4. The van der Waals surface area contributed by atoms with Crippen LogP contribution in [0.5, 0.6) is 0 Å². The number of nitrogens with one attached hydrogen (secondary N) is 1. The summed E-state index contributed by atoms with van der Waals surface area (Å²) < 4.78 is 2.04. The summed E-state index contributed by atoms with van der Waals surface area (Å²) in [5, 5.41) is 14.3. The Labute approximate surface area is 107 Å². The third-order valence-corrected chi connectivity index (χ3v) is 3.20. The van der Waals surface area contributed by atoms with Gasteiger partial charge in [0.25, 0.3) is 5.91 Å². The van der Waals surface area contributed by atoms with Gasteiger partial charge in [0.05, 0.1) is 0 Å². The van der Waals surface area contributed by atoms with E-state index in [9.17, 15) is 4.79 Å². The van der Waals surface area contributed by atoms with Crippen molar-refractivity contribution in [3.63, 3.8) is 0 Å². The lowest BCUT2D eigenvalue weighted by Crippen LogP contribution is -2.26. The van der Waals surface area contributed by atoms with Gasteiger partial charge in [-0.25, -0.2) is 0 Å². The Balaban J connectivity index is 1.83. The lowest BCUT2D eigenvalue weighted by atomic mass is 10.3. The molecule has 2 aromatic heterocycles. The molecule has 0 aliphatic heterocycles. The number of hydrogen-bond donors (Lipinski definition) is 1. The molecule has 0 spiro atoms. The number of halogens is 1. The van der Waals surface area contributed by atoms with Crippen molar-refractivity contribution < 1.29 is 4.79 Å². The molecular weight excluding hydrogens is 262 g/mol. The summed E-state index contributed by atoms with van der Waals surface area (Å²) in [7, 11) is 1.86. The molecule has 17 heavy (non-hydrogen) atoms. The van der Waals surface area contributed by atoms with Crippen LogP contribution < -0.4 is 5.32 Å². The van der Waals surface area contributed by atoms with E-state index in [1.807, 2.05) is 13.1 Å². The number of aryl methyl sites for hydroxylation is 1. The summed E-state index contributed by atoms with van der Waals surface area (Å²) >= 11 is 6.65. The molecule has 0 bridgehead atoms. The molecule has 0 saturated carbocycles. The standard InChI is InChI=1S/C9H10ClN5OS/c1-15-6(3-5-12-15)2-4-11-7(16)8-13-14-9(10)17-8/h3,5H,2,4H2,1H3,(H,11,16). The fourth-order valence-corrected chi connectivity index (χ4v) is 2.07. The first-order valence-electron chi connectivity index (χ1n) is 4.91. The van der Waals surface area contributed by atoms with Crippen LogP contribution in [-0.2, 0) is 13.5 Å². The maximum absolute atomic E-state index is 11.6. The van der Waals surface area contributed by atoms with Gasteiger partial charge in [-0.1, -0.05) is 11.3 Å². The molecule has 0 unspecified atom stereocenters. The molecule has 0 saturated heterocycles. The zero-order valence-corrected chi connectivity index (χ0v) is 10.6. The Hall–Kier alpha value is -1.47. The molecule has 6 nitrogen and oxygen atoms in total. The van der Waals surface area contributed by atoms with Crippen molar-refractivity contribution in [1.82, 2.24) is 25.3 Å². The number of rotatable bonds is 4. The smallest absolute Gasteiger partial charge is 0.282 e. The van der Waals surface area contributed by atoms with E-state index in [0.29, 0.717) is 6.54 Å². The molecule has 1 N–H and O–H groups in total. The monoisotopic (exact) mass is 271 g/mol. The number of carbonyl (C=O) groups is 1. The molecule has 0 fully saturated rings. The third kappa shape index (κ3) is 3.01. The van der Waals surface area contributed by atoms with Crippen molar-refractivity contribution in [3.05, 3.63) is 27.4 Å². The zero-order chi connectivity index (χ0) is 12.3. The predicted octanol–water partition coefficient (Wildman–Crippen LogP) is 0.898. The van der Waals surface area contributed by atoms with Gasteiger partial charge in [0.15, 0.2) is 0 Å². The molecule has 2 rings (SSSR count). The highest BCUT2D eigenvalue weighted by Gasteiger charge is 2.11. The first-order chi connectivity index (χ1) is 8.16. The SMILES string of the molecule is Cn1nccc1CCNC(=O)c1nnc(Cl)s1. The molecule has 0 atom stereocenters. The van der Waals surface area contributed by atoms with Gasteiger partial charge >= 0.3 is 0 Å². The van der Waals surface area contributed by atoms with Gasteiger partial charge in [0.1, 0.15) is 0 Å². The fraction of sp³-hybridized carbons (Fsp3) is 0.333. The predicted molar refractivity (Wildman–Crippen MR) is 64.2 cm³/mol. The maximum Gasteiger partial charge on any atom is 0.282 e. The van der Waals surface area contributed by atoms with Gasteiger partial charge in [-0.15, -0.1) is 10.2 Å². The molecule has 2 aromatic rings. The van der Waals surface area contributed by atoms with Crippen molar-refractivity contribution in [3.8, 4) is 0 Å². The van der Waals surface area contributed by atoms with E-state index < -0.39 is 0 Å². The molecule has 1 amide bonds. The Kier molecular flexibility index (Phi) is 3.70. The van der Waals surface area contributed by atoms with Gasteiger partial charge in [-0.3, -0.25) is 9.48 Å². The van der Waals surface area contributed by atoms with Gasteiger partial charge in [0.2, 0.25) is 9.47 Å². The molecule has 0 aliphatic rings. The highest BCUT2D eigenvalue weighted by molar-refractivity contribution is 7.17. The minimum atomic E-state index is -0.253. The van der Waals surface area contributed by atoms with Crippen molar-refractivity contribution in [2.24, 2.45) is 7.05 Å². The van der Waals surface area contributed by atoms with Crippen molar-refractivity contribution in [2.75, 3.05) is 6.54 Å². The minimum absolute atomic E-state index is 0.253. The molecule has 2 heterocycles. The summed E-state index contributed by atoms with van der Waals surface area (Å²) in [5.41, 5.74) is 1.06. The topological polar surface area (TPSA) is 72.7 Å². The van der Waals surface area contributed by atoms with E-state index in [2.05, 4.69) is 20.6 Å². The normalized spacial score (nSPS) is 10.5. The van der Waals surface area contributed by atoms with Crippen molar-refractivity contribution in [2.45, 2.75) is 6.42 Å². The van der Waals surface area contributed by atoms with Crippen LogP contribution in [0.4, 0.5) is 0 Å². The van der Waals surface area contributed by atoms with E-state index in [-0.39, 0.29) is 15.4 Å². The number of carbonyl (C=O) groups excluding carboxylic acids is 1. The van der Waals surface area contributed by atoms with Crippen LogP contribution in [0.3, 0.4) is 0 Å². The maximum atomic E-state index is 11.6. The van der Waals surface area contributed by atoms with Crippen LogP contribution in [0.25, 0.3) is 0 Å². The summed E-state index contributed by atoms with van der Waals surface area (Å²) in [4.78, 5) is 11.6. The highest BCUT2D eigenvalue weighted by Crippen LogP contribution is 2.14. The number of amides is 1. The second-order valence-electron chi connectivity index (χ2n) is 3.31. The summed E-state index contributed by atoms with van der Waals surface area (Å²) in [6.07, 6.45) is 2.44. The largest absolute Gasteiger partial charge is 0.350 e. The second kappa shape index (κ2) is 5.24. The van der Waals surface area contributed by atoms with Crippen molar-refractivity contribution >= 4 is 28.8 Å². The molecule has 8 heteroatoms. The first kappa shape index (κ1) is 12.0. The lowest BCUT2D eigenvalue weighted by molar-refractivity contribution is 0.0953. The molecular formula is C9H10ClN5OS. The molecule has 0 aromatic carbocycles. The van der Waals surface area contributed by atoms with Crippen LogP contribution >= 0.6 is 22.9 Å². The molecule has 0 aliphatic carbocycles. The minimum Gasteiger partial charge on any atom is -0.350 e.